The second-order valence-electron chi connectivity index (χ2n) is 11.1. The Balaban J connectivity index is 1.47. The summed E-state index contributed by atoms with van der Waals surface area (Å²) in [6, 6.07) is 0. The highest BCUT2D eigenvalue weighted by Gasteiger charge is 2.55. The average molecular weight is 667 g/mol. The summed E-state index contributed by atoms with van der Waals surface area (Å²) in [5.41, 5.74) is 0. The van der Waals surface area contributed by atoms with Gasteiger partial charge in [0.25, 0.3) is 0 Å². The van der Waals surface area contributed by atoms with E-state index >= 15 is 0 Å². The molecular weight excluding hydrogens is 624 g/mol. The van der Waals surface area contributed by atoms with Crippen LogP contribution in [-0.2, 0) is 33.2 Å². The van der Waals surface area contributed by atoms with E-state index in [0.29, 0.717) is 0 Å². The molecule has 0 bridgehead atoms. The smallest absolute Gasteiger partial charge is 0.189 e. The molecule has 45 heavy (non-hydrogen) atoms. The number of aliphatic hydroxyl groups excluding tert-OH is 14. The van der Waals surface area contributed by atoms with Gasteiger partial charge >= 0.3 is 0 Å². The fourth-order valence-electron chi connectivity index (χ4n) is 5.53. The Hall–Kier alpha value is -0.840. The fourth-order valence-corrected chi connectivity index (χ4v) is 5.53. The molecule has 14 N–H and O–H groups in total. The summed E-state index contributed by atoms with van der Waals surface area (Å²) in [5, 5.41) is 142. The molecule has 0 unspecified atom stereocenters. The van der Waals surface area contributed by atoms with Crippen molar-refractivity contribution in [2.24, 2.45) is 0 Å². The lowest BCUT2D eigenvalue weighted by Crippen LogP contribution is -2.67. The monoisotopic (exact) mass is 666 g/mol. The van der Waals surface area contributed by atoms with E-state index in [1.54, 1.807) is 0 Å². The molecule has 0 saturated carbocycles. The summed E-state index contributed by atoms with van der Waals surface area (Å²) in [5.74, 6) is 0. The van der Waals surface area contributed by atoms with Crippen LogP contribution in [0.5, 0.6) is 0 Å². The molecule has 21 nitrogen and oxygen atoms in total. The first-order valence-electron chi connectivity index (χ1n) is 14.1. The van der Waals surface area contributed by atoms with E-state index in [-0.39, 0.29) is 0 Å². The average Bonchev–Trinajstić information content (AvgIpc) is 3.03. The molecule has 0 spiro atoms. The van der Waals surface area contributed by atoms with Gasteiger partial charge in [-0.2, -0.15) is 0 Å². The molecule has 0 aromatic heterocycles. The number of hydrogen-bond acceptors (Lipinski definition) is 21. The highest BCUT2D eigenvalue weighted by atomic mass is 16.8. The van der Waals surface area contributed by atoms with Crippen molar-refractivity contribution in [1.82, 2.24) is 0 Å². The summed E-state index contributed by atoms with van der Waals surface area (Å²) in [4.78, 5) is 0. The van der Waals surface area contributed by atoms with E-state index in [4.69, 9.17) is 33.2 Å². The molecule has 0 amide bonds. The first-order valence-corrected chi connectivity index (χ1v) is 14.1. The maximum Gasteiger partial charge on any atom is 0.189 e. The number of aliphatic hydroxyl groups is 14. The molecule has 4 aliphatic heterocycles. The van der Waals surface area contributed by atoms with Crippen molar-refractivity contribution >= 4 is 0 Å². The molecule has 0 aliphatic carbocycles. The second kappa shape index (κ2) is 15.6. The topological polar surface area (TPSA) is 348 Å². The molecule has 4 heterocycles. The predicted octanol–water partition coefficient (Wildman–Crippen LogP) is -9.75. The zero-order valence-electron chi connectivity index (χ0n) is 23.5. The predicted molar refractivity (Wildman–Crippen MR) is 134 cm³/mol. The summed E-state index contributed by atoms with van der Waals surface area (Å²) < 4.78 is 37.7. The number of rotatable bonds is 10. The molecule has 4 fully saturated rings. The third kappa shape index (κ3) is 7.44. The van der Waals surface area contributed by atoms with Gasteiger partial charge in [0.1, 0.15) is 97.7 Å². The summed E-state index contributed by atoms with van der Waals surface area (Å²) in [6.45, 7) is -3.38. The van der Waals surface area contributed by atoms with Gasteiger partial charge < -0.3 is 105 Å². The molecule has 264 valence electrons. The Labute approximate surface area is 254 Å². The van der Waals surface area contributed by atoms with Crippen LogP contribution < -0.4 is 0 Å². The Kier molecular flexibility index (Phi) is 12.8. The molecular formula is C24H42O21. The lowest BCUT2D eigenvalue weighted by Gasteiger charge is -2.49. The van der Waals surface area contributed by atoms with Crippen molar-refractivity contribution < 1.29 is 105 Å². The highest BCUT2D eigenvalue weighted by molar-refractivity contribution is 4.98. The van der Waals surface area contributed by atoms with E-state index < -0.39 is 149 Å². The second-order valence-corrected chi connectivity index (χ2v) is 11.1. The van der Waals surface area contributed by atoms with Crippen LogP contribution in [0, 0.1) is 0 Å². The van der Waals surface area contributed by atoms with Crippen LogP contribution in [0.15, 0.2) is 0 Å². The standard InChI is InChI=1S/C24H42O21/c25-1-5-9(29)11(31)14(34)22(40-5)44-19-7(3-27)39-21(38)20(17(19)37)43-18-8(4-28)42-24(16(36)13(18)33)45-23-15(35)12(32)10(30)6(2-26)41-23/h5-38H,1-4H2/t5-,6-,7-,8-,9-,10-,11+,12+,13-,14-,15-,16-,17+,18-,19-,20-,21-,22-,23-,24-/m1/s1. The first-order chi connectivity index (χ1) is 21.3. The molecule has 0 aromatic rings. The van der Waals surface area contributed by atoms with Crippen LogP contribution in [0.25, 0.3) is 0 Å². The highest BCUT2D eigenvalue weighted by Crippen LogP contribution is 2.34. The molecule has 21 heteroatoms. The normalized spacial score (nSPS) is 52.9. The number of hydrogen-bond donors (Lipinski definition) is 14. The van der Waals surface area contributed by atoms with E-state index in [1.165, 1.54) is 0 Å². The summed E-state index contributed by atoms with van der Waals surface area (Å²) >= 11 is 0. The molecule has 4 rings (SSSR count). The van der Waals surface area contributed by atoms with Crippen molar-refractivity contribution in [3.05, 3.63) is 0 Å². The maximum atomic E-state index is 11.1. The Bertz CT molecular complexity index is 912. The van der Waals surface area contributed by atoms with Crippen LogP contribution in [0.2, 0.25) is 0 Å². The largest absolute Gasteiger partial charge is 0.394 e. The fraction of sp³-hybridized carbons (Fsp3) is 1.00. The number of ether oxygens (including phenoxy) is 7. The van der Waals surface area contributed by atoms with Crippen molar-refractivity contribution in [3.8, 4) is 0 Å². The molecule has 20 atom stereocenters. The summed E-state index contributed by atoms with van der Waals surface area (Å²) in [7, 11) is 0. The minimum atomic E-state index is -2.03. The van der Waals surface area contributed by atoms with Crippen LogP contribution in [0.3, 0.4) is 0 Å². The van der Waals surface area contributed by atoms with Gasteiger partial charge in [-0.1, -0.05) is 0 Å². The van der Waals surface area contributed by atoms with Gasteiger partial charge in [-0.05, 0) is 0 Å². The van der Waals surface area contributed by atoms with Crippen LogP contribution in [0.4, 0.5) is 0 Å². The van der Waals surface area contributed by atoms with Crippen LogP contribution in [-0.4, -0.2) is 221 Å². The van der Waals surface area contributed by atoms with Crippen molar-refractivity contribution in [3.63, 3.8) is 0 Å². The quantitative estimate of drug-likeness (QED) is 0.103. The van der Waals surface area contributed by atoms with E-state index in [2.05, 4.69) is 0 Å². The van der Waals surface area contributed by atoms with Gasteiger partial charge in [0.15, 0.2) is 25.2 Å². The van der Waals surface area contributed by atoms with Crippen molar-refractivity contribution in [2.45, 2.75) is 123 Å². The zero-order valence-corrected chi connectivity index (χ0v) is 23.5. The zero-order chi connectivity index (χ0) is 33.3. The van der Waals surface area contributed by atoms with E-state index in [9.17, 15) is 71.5 Å². The molecule has 4 saturated heterocycles. The van der Waals surface area contributed by atoms with Crippen molar-refractivity contribution in [2.75, 3.05) is 26.4 Å². The molecule has 4 aliphatic rings. The van der Waals surface area contributed by atoms with E-state index in [0.717, 1.165) is 0 Å². The lowest BCUT2D eigenvalue weighted by atomic mass is 9.95. The minimum Gasteiger partial charge on any atom is -0.394 e. The third-order valence-electron chi connectivity index (χ3n) is 8.21. The Morgan fingerprint density at radius 1 is 0.333 bits per heavy atom. The van der Waals surface area contributed by atoms with Gasteiger partial charge in [-0.3, -0.25) is 0 Å². The Morgan fingerprint density at radius 2 is 0.711 bits per heavy atom. The summed E-state index contributed by atoms with van der Waals surface area (Å²) in [6.07, 6.45) is -35.6. The van der Waals surface area contributed by atoms with Gasteiger partial charge in [0, 0.05) is 0 Å². The lowest BCUT2D eigenvalue weighted by molar-refractivity contribution is -0.392. The van der Waals surface area contributed by atoms with Gasteiger partial charge in [-0.25, -0.2) is 0 Å². The molecule has 0 aromatic carbocycles. The van der Waals surface area contributed by atoms with Gasteiger partial charge in [-0.15, -0.1) is 0 Å². The van der Waals surface area contributed by atoms with Gasteiger partial charge in [0.05, 0.1) is 26.4 Å². The minimum absolute atomic E-state index is 0.789. The first kappa shape index (κ1) is 37.0. The van der Waals surface area contributed by atoms with Gasteiger partial charge in [0.2, 0.25) is 0 Å². The van der Waals surface area contributed by atoms with E-state index in [1.807, 2.05) is 0 Å². The third-order valence-corrected chi connectivity index (χ3v) is 8.21. The van der Waals surface area contributed by atoms with Crippen LogP contribution in [0.1, 0.15) is 0 Å². The SMILES string of the molecule is OC[C@H]1O[C@H](O[C@H]2O[C@H](CO)[C@@H](O[C@@H]3[C@@H](O)[C@H](O[C@H]4O[C@H](CO)[C@@H](O)[C@H](O)[C@H]4O)[C@@H](CO)O[C@H]3O)[C@H](O)[C@H]2O)[C@H](O)[C@@H](O)[C@@H]1O. The Morgan fingerprint density at radius 3 is 1.18 bits per heavy atom. The van der Waals surface area contributed by atoms with Crippen molar-refractivity contribution in [1.29, 1.82) is 0 Å². The maximum absolute atomic E-state index is 11.1. The van der Waals surface area contributed by atoms with Crippen LogP contribution >= 0.6 is 0 Å². The molecule has 0 radical (unpaired) electrons.